The first-order chi connectivity index (χ1) is 19.3. The Bertz CT molecular complexity index is 1430. The van der Waals surface area contributed by atoms with Crippen LogP contribution in [0, 0.1) is 0 Å². The highest BCUT2D eigenvalue weighted by Crippen LogP contribution is 2.29. The van der Waals surface area contributed by atoms with E-state index in [0.29, 0.717) is 12.3 Å². The number of amides is 2. The second-order valence-electron chi connectivity index (χ2n) is 11.3. The lowest BCUT2D eigenvalue weighted by Crippen LogP contribution is -2.47. The maximum atomic E-state index is 12.2. The molecule has 0 unspecified atom stereocenters. The SMILES string of the molecule is CCc1ccc(-c2nc3c(N4CCN(CCOc5cccc(NC(=O)NC(C)(C)C)c5)CC4)cccc3[nH]2)cc1. The molecule has 5 rings (SSSR count). The first kappa shape index (κ1) is 27.5. The van der Waals surface area contributed by atoms with Gasteiger partial charge in [0.15, 0.2) is 0 Å². The third-order valence-corrected chi connectivity index (χ3v) is 7.10. The number of fused-ring (bicyclic) bond motifs is 1. The molecule has 2 heterocycles. The molecule has 8 heteroatoms. The van der Waals surface area contributed by atoms with Gasteiger partial charge in [-0.3, -0.25) is 4.90 Å². The van der Waals surface area contributed by atoms with Gasteiger partial charge in [0.2, 0.25) is 0 Å². The number of aromatic nitrogens is 2. The number of urea groups is 1. The van der Waals surface area contributed by atoms with Crippen LogP contribution in [0.3, 0.4) is 0 Å². The molecule has 40 heavy (non-hydrogen) atoms. The molecule has 1 aliphatic rings. The summed E-state index contributed by atoms with van der Waals surface area (Å²) in [4.78, 5) is 25.5. The Labute approximate surface area is 236 Å². The van der Waals surface area contributed by atoms with Gasteiger partial charge in [0, 0.05) is 55.6 Å². The van der Waals surface area contributed by atoms with Gasteiger partial charge in [-0.15, -0.1) is 0 Å². The van der Waals surface area contributed by atoms with Crippen LogP contribution in [0.2, 0.25) is 0 Å². The Morgan fingerprint density at radius 3 is 2.48 bits per heavy atom. The highest BCUT2D eigenvalue weighted by Gasteiger charge is 2.20. The van der Waals surface area contributed by atoms with Crippen LogP contribution in [0.5, 0.6) is 5.75 Å². The number of piperazine rings is 1. The lowest BCUT2D eigenvalue weighted by molar-refractivity contribution is 0.200. The van der Waals surface area contributed by atoms with Crippen LogP contribution < -0.4 is 20.3 Å². The molecule has 0 spiro atoms. The Morgan fingerprint density at radius 1 is 1.00 bits per heavy atom. The van der Waals surface area contributed by atoms with Crippen LogP contribution in [0.1, 0.15) is 33.3 Å². The molecule has 0 radical (unpaired) electrons. The van der Waals surface area contributed by atoms with Gasteiger partial charge >= 0.3 is 6.03 Å². The summed E-state index contributed by atoms with van der Waals surface area (Å²) in [7, 11) is 0. The fourth-order valence-corrected chi connectivity index (χ4v) is 4.98. The van der Waals surface area contributed by atoms with E-state index in [4.69, 9.17) is 9.72 Å². The number of rotatable bonds is 8. The number of nitrogens with one attached hydrogen (secondary N) is 3. The average molecular weight is 541 g/mol. The molecule has 2 amide bonds. The molecule has 210 valence electrons. The fraction of sp³-hybridized carbons (Fsp3) is 0.375. The summed E-state index contributed by atoms with van der Waals surface area (Å²) in [6.07, 6.45) is 1.03. The smallest absolute Gasteiger partial charge is 0.319 e. The standard InChI is InChI=1S/C32H40N6O2/c1-5-23-12-14-24(15-13-23)30-34-27-10-7-11-28(29(27)35-30)38-18-16-37(17-19-38)20-21-40-26-9-6-8-25(22-26)33-31(39)36-32(2,3)4/h6-15,22H,5,16-21H2,1-4H3,(H,34,35)(H2,33,36,39). The second-order valence-corrected chi connectivity index (χ2v) is 11.3. The minimum absolute atomic E-state index is 0.227. The van der Waals surface area contributed by atoms with Gasteiger partial charge in [0.05, 0.1) is 11.2 Å². The van der Waals surface area contributed by atoms with E-state index in [1.807, 2.05) is 45.0 Å². The summed E-state index contributed by atoms with van der Waals surface area (Å²) in [6, 6.07) is 22.3. The van der Waals surface area contributed by atoms with Crippen LogP contribution in [0.4, 0.5) is 16.2 Å². The maximum absolute atomic E-state index is 12.2. The quantitative estimate of drug-likeness (QED) is 0.259. The number of nitrogens with zero attached hydrogens (tertiary/aromatic N) is 3. The van der Waals surface area contributed by atoms with E-state index in [1.165, 1.54) is 11.3 Å². The normalized spacial score (nSPS) is 14.3. The van der Waals surface area contributed by atoms with Crippen molar-refractivity contribution in [3.8, 4) is 17.1 Å². The number of carbonyl (C=O) groups is 1. The molecule has 1 fully saturated rings. The number of imidazole rings is 1. The van der Waals surface area contributed by atoms with Crippen molar-refractivity contribution < 1.29 is 9.53 Å². The average Bonchev–Trinajstić information content (AvgIpc) is 3.37. The molecule has 1 aromatic heterocycles. The van der Waals surface area contributed by atoms with Crippen LogP contribution in [-0.2, 0) is 6.42 Å². The van der Waals surface area contributed by atoms with Gasteiger partial charge in [-0.25, -0.2) is 9.78 Å². The number of para-hydroxylation sites is 1. The first-order valence-corrected chi connectivity index (χ1v) is 14.1. The summed E-state index contributed by atoms with van der Waals surface area (Å²) in [6.45, 7) is 13.3. The molecule has 0 bridgehead atoms. The van der Waals surface area contributed by atoms with Crippen molar-refractivity contribution in [1.29, 1.82) is 0 Å². The number of H-pyrrole nitrogens is 1. The van der Waals surface area contributed by atoms with E-state index < -0.39 is 0 Å². The van der Waals surface area contributed by atoms with Crippen molar-refractivity contribution in [1.82, 2.24) is 20.2 Å². The number of anilines is 2. The maximum Gasteiger partial charge on any atom is 0.319 e. The van der Waals surface area contributed by atoms with Gasteiger partial charge in [0.1, 0.15) is 23.7 Å². The largest absolute Gasteiger partial charge is 0.492 e. The minimum atomic E-state index is -0.295. The van der Waals surface area contributed by atoms with E-state index in [2.05, 4.69) is 74.8 Å². The molecule has 3 aromatic carbocycles. The van der Waals surface area contributed by atoms with Crippen molar-refractivity contribution in [3.05, 3.63) is 72.3 Å². The Morgan fingerprint density at radius 2 is 1.75 bits per heavy atom. The molecule has 8 nitrogen and oxygen atoms in total. The highest BCUT2D eigenvalue weighted by atomic mass is 16.5. The molecule has 1 aliphatic heterocycles. The molecule has 0 saturated carbocycles. The van der Waals surface area contributed by atoms with Gasteiger partial charge in [-0.05, 0) is 57.0 Å². The van der Waals surface area contributed by atoms with Crippen molar-refractivity contribution in [2.75, 3.05) is 49.5 Å². The Kier molecular flexibility index (Phi) is 8.26. The van der Waals surface area contributed by atoms with E-state index in [9.17, 15) is 4.79 Å². The number of hydrogen-bond donors (Lipinski definition) is 3. The van der Waals surface area contributed by atoms with Crippen molar-refractivity contribution in [3.63, 3.8) is 0 Å². The topological polar surface area (TPSA) is 85.5 Å². The van der Waals surface area contributed by atoms with E-state index in [1.54, 1.807) is 0 Å². The van der Waals surface area contributed by atoms with E-state index >= 15 is 0 Å². The zero-order valence-corrected chi connectivity index (χ0v) is 24.0. The third kappa shape index (κ3) is 6.93. The molecule has 4 aromatic rings. The molecule has 1 saturated heterocycles. The summed E-state index contributed by atoms with van der Waals surface area (Å²) < 4.78 is 6.02. The van der Waals surface area contributed by atoms with Crippen LogP contribution in [0.15, 0.2) is 66.7 Å². The number of benzene rings is 3. The van der Waals surface area contributed by atoms with Gasteiger partial charge < -0.3 is 25.3 Å². The van der Waals surface area contributed by atoms with Crippen molar-refractivity contribution in [2.24, 2.45) is 0 Å². The highest BCUT2D eigenvalue weighted by molar-refractivity contribution is 5.91. The molecular weight excluding hydrogens is 500 g/mol. The van der Waals surface area contributed by atoms with Crippen LogP contribution >= 0.6 is 0 Å². The van der Waals surface area contributed by atoms with Gasteiger partial charge in [-0.2, -0.15) is 0 Å². The lowest BCUT2D eigenvalue weighted by atomic mass is 10.1. The Balaban J connectivity index is 1.13. The predicted octanol–water partition coefficient (Wildman–Crippen LogP) is 5.91. The monoisotopic (exact) mass is 540 g/mol. The Hall–Kier alpha value is -4.04. The molecule has 0 aliphatic carbocycles. The second kappa shape index (κ2) is 12.0. The number of ether oxygens (including phenoxy) is 1. The molecule has 3 N–H and O–H groups in total. The number of hydrogen-bond acceptors (Lipinski definition) is 5. The predicted molar refractivity (Wildman–Crippen MR) is 163 cm³/mol. The zero-order valence-electron chi connectivity index (χ0n) is 24.0. The first-order valence-electron chi connectivity index (χ1n) is 14.1. The summed E-state index contributed by atoms with van der Waals surface area (Å²) in [5.74, 6) is 1.66. The minimum Gasteiger partial charge on any atom is -0.492 e. The summed E-state index contributed by atoms with van der Waals surface area (Å²) in [5.41, 5.74) is 6.13. The molecule has 0 atom stereocenters. The number of aryl methyl sites for hydroxylation is 1. The summed E-state index contributed by atoms with van der Waals surface area (Å²) >= 11 is 0. The third-order valence-electron chi connectivity index (χ3n) is 7.10. The summed E-state index contributed by atoms with van der Waals surface area (Å²) in [5, 5.41) is 5.78. The van der Waals surface area contributed by atoms with Crippen LogP contribution in [-0.4, -0.2) is 65.8 Å². The molecular formula is C32H40N6O2. The number of aromatic amines is 1. The van der Waals surface area contributed by atoms with Gasteiger partial charge in [-0.1, -0.05) is 43.3 Å². The van der Waals surface area contributed by atoms with Crippen molar-refractivity contribution >= 4 is 28.4 Å². The van der Waals surface area contributed by atoms with Crippen LogP contribution in [0.25, 0.3) is 22.4 Å². The van der Waals surface area contributed by atoms with E-state index in [0.717, 1.165) is 67.3 Å². The fourth-order valence-electron chi connectivity index (χ4n) is 4.98. The zero-order chi connectivity index (χ0) is 28.1. The van der Waals surface area contributed by atoms with Crippen molar-refractivity contribution in [2.45, 2.75) is 39.7 Å². The lowest BCUT2D eigenvalue weighted by Gasteiger charge is -2.36. The van der Waals surface area contributed by atoms with E-state index in [-0.39, 0.29) is 11.6 Å². The number of carbonyl (C=O) groups excluding carboxylic acids is 1. The van der Waals surface area contributed by atoms with Gasteiger partial charge in [0.25, 0.3) is 0 Å².